The predicted molar refractivity (Wildman–Crippen MR) is 104 cm³/mol. The van der Waals surface area contributed by atoms with Crippen molar-refractivity contribution in [1.82, 2.24) is 10.3 Å². The molecule has 0 fully saturated rings. The van der Waals surface area contributed by atoms with Gasteiger partial charge >= 0.3 is 6.03 Å². The van der Waals surface area contributed by atoms with Crippen molar-refractivity contribution in [2.45, 2.75) is 19.3 Å². The van der Waals surface area contributed by atoms with E-state index in [0.717, 1.165) is 23.3 Å². The van der Waals surface area contributed by atoms with E-state index in [1.165, 1.54) is 11.3 Å². The first-order valence-electron chi connectivity index (χ1n) is 7.95. The third kappa shape index (κ3) is 5.43. The molecule has 0 aliphatic rings. The summed E-state index contributed by atoms with van der Waals surface area (Å²) in [5, 5.41) is 7.49. The zero-order chi connectivity index (χ0) is 19.4. The first-order valence-corrected chi connectivity index (χ1v) is 10.9. The fraction of sp³-hybridized carbons (Fsp3) is 0.412. The smallest absolute Gasteiger partial charge is 0.321 e. The lowest BCUT2D eigenvalue weighted by Gasteiger charge is -2.23. The molecule has 9 heteroatoms. The summed E-state index contributed by atoms with van der Waals surface area (Å²) in [4.78, 5) is 16.3. The highest BCUT2D eigenvalue weighted by molar-refractivity contribution is 7.90. The Kier molecular flexibility index (Phi) is 6.25. The highest BCUT2D eigenvalue weighted by Crippen LogP contribution is 2.34. The van der Waals surface area contributed by atoms with Crippen LogP contribution >= 0.6 is 11.3 Å². The molecule has 26 heavy (non-hydrogen) atoms. The van der Waals surface area contributed by atoms with Gasteiger partial charge in [0.05, 0.1) is 18.6 Å². The van der Waals surface area contributed by atoms with E-state index in [4.69, 9.17) is 4.74 Å². The Labute approximate surface area is 157 Å². The van der Waals surface area contributed by atoms with Crippen LogP contribution in [0.15, 0.2) is 29.6 Å². The van der Waals surface area contributed by atoms with Crippen molar-refractivity contribution in [3.05, 3.63) is 40.9 Å². The zero-order valence-electron chi connectivity index (χ0n) is 15.2. The number of hydrogen-bond acceptors (Lipinski definition) is 6. The minimum absolute atomic E-state index is 0.0558. The zero-order valence-corrected chi connectivity index (χ0v) is 16.8. The minimum atomic E-state index is -3.11. The fourth-order valence-electron chi connectivity index (χ4n) is 2.27. The Bertz CT molecular complexity index is 858. The van der Waals surface area contributed by atoms with Crippen molar-refractivity contribution in [1.29, 1.82) is 0 Å². The molecule has 0 aliphatic carbocycles. The molecule has 0 saturated heterocycles. The maximum atomic E-state index is 11.8. The van der Waals surface area contributed by atoms with E-state index >= 15 is 0 Å². The number of nitrogens with zero attached hydrogens (tertiary/aromatic N) is 1. The highest BCUT2D eigenvalue weighted by atomic mass is 32.2. The number of aromatic nitrogens is 1. The van der Waals surface area contributed by atoms with Gasteiger partial charge in [0, 0.05) is 23.6 Å². The summed E-state index contributed by atoms with van der Waals surface area (Å²) >= 11 is 1.32. The first-order chi connectivity index (χ1) is 12.1. The quantitative estimate of drug-likeness (QED) is 0.749. The topological polar surface area (TPSA) is 97.4 Å². The number of ether oxygens (including phenoxy) is 1. The Balaban J connectivity index is 2.02. The van der Waals surface area contributed by atoms with Crippen LogP contribution < -0.4 is 15.4 Å². The monoisotopic (exact) mass is 397 g/mol. The molecule has 142 valence electrons. The molecule has 1 aromatic carbocycles. The van der Waals surface area contributed by atoms with E-state index < -0.39 is 15.9 Å². The lowest BCUT2D eigenvalue weighted by molar-refractivity contribution is 0.252. The van der Waals surface area contributed by atoms with Gasteiger partial charge in [0.25, 0.3) is 0 Å². The van der Waals surface area contributed by atoms with Crippen LogP contribution in [-0.2, 0) is 15.3 Å². The molecule has 0 unspecified atom stereocenters. The van der Waals surface area contributed by atoms with Crippen molar-refractivity contribution >= 4 is 32.3 Å². The molecule has 7 nitrogen and oxygen atoms in total. The van der Waals surface area contributed by atoms with E-state index in [2.05, 4.69) is 29.5 Å². The predicted octanol–water partition coefficient (Wildman–Crippen LogP) is 2.64. The van der Waals surface area contributed by atoms with Crippen LogP contribution in [0.4, 0.5) is 9.93 Å². The number of methoxy groups -OCH3 is 1. The van der Waals surface area contributed by atoms with Crippen LogP contribution in [0.3, 0.4) is 0 Å². The average molecular weight is 398 g/mol. The molecular weight excluding hydrogens is 374 g/mol. The lowest BCUT2D eigenvalue weighted by Crippen LogP contribution is -2.32. The Morgan fingerprint density at radius 1 is 1.27 bits per heavy atom. The Morgan fingerprint density at radius 2 is 1.92 bits per heavy atom. The van der Waals surface area contributed by atoms with Gasteiger partial charge in [0.15, 0.2) is 5.13 Å². The third-order valence-electron chi connectivity index (χ3n) is 3.94. The van der Waals surface area contributed by atoms with Gasteiger partial charge in [-0.25, -0.2) is 18.2 Å². The number of carbonyl (C=O) groups is 1. The molecule has 0 saturated carbocycles. The maximum absolute atomic E-state index is 11.8. The molecule has 2 aromatic rings. The molecule has 2 amide bonds. The highest BCUT2D eigenvalue weighted by Gasteiger charge is 2.26. The number of hydrogen-bond donors (Lipinski definition) is 2. The summed E-state index contributed by atoms with van der Waals surface area (Å²) in [6.45, 7) is 4.17. The number of thiazole rings is 1. The summed E-state index contributed by atoms with van der Waals surface area (Å²) in [6, 6.07) is 7.30. The van der Waals surface area contributed by atoms with Crippen molar-refractivity contribution in [2.75, 3.05) is 31.0 Å². The average Bonchev–Trinajstić information content (AvgIpc) is 3.03. The van der Waals surface area contributed by atoms with Crippen molar-refractivity contribution in [3.63, 3.8) is 0 Å². The van der Waals surface area contributed by atoms with Crippen LogP contribution in [-0.4, -0.2) is 45.1 Å². The van der Waals surface area contributed by atoms with Crippen molar-refractivity contribution in [2.24, 2.45) is 0 Å². The van der Waals surface area contributed by atoms with Crippen molar-refractivity contribution in [3.8, 4) is 5.75 Å². The van der Waals surface area contributed by atoms with Gasteiger partial charge in [-0.15, -0.1) is 11.3 Å². The first kappa shape index (κ1) is 20.2. The Hall–Kier alpha value is -2.13. The summed E-state index contributed by atoms with van der Waals surface area (Å²) in [5.74, 6) is 0.685. The summed E-state index contributed by atoms with van der Waals surface area (Å²) in [7, 11) is -1.48. The van der Waals surface area contributed by atoms with Gasteiger partial charge in [0.2, 0.25) is 0 Å². The molecule has 0 spiro atoms. The van der Waals surface area contributed by atoms with E-state index in [9.17, 15) is 13.2 Å². The van der Waals surface area contributed by atoms with Gasteiger partial charge in [-0.2, -0.15) is 0 Å². The van der Waals surface area contributed by atoms with Gasteiger partial charge in [-0.05, 0) is 17.7 Å². The molecule has 0 aliphatic heterocycles. The number of sulfone groups is 1. The normalized spacial score (nSPS) is 11.8. The van der Waals surface area contributed by atoms with Crippen LogP contribution in [0.25, 0.3) is 0 Å². The molecule has 1 heterocycles. The summed E-state index contributed by atoms with van der Waals surface area (Å²) in [5.41, 5.74) is 1.57. The summed E-state index contributed by atoms with van der Waals surface area (Å²) < 4.78 is 27.3. The Morgan fingerprint density at radius 3 is 2.50 bits per heavy atom. The number of urea groups is 1. The van der Waals surface area contributed by atoms with E-state index in [-0.39, 0.29) is 17.7 Å². The standard InChI is InChI=1S/C17H23N3O4S2/c1-17(2,12-5-7-13(24-3)8-6-12)14-11-25-16(19-14)20-15(21)18-9-10-26(4,22)23/h5-8,11H,9-10H2,1-4H3,(H2,18,19,20,21). The molecule has 0 radical (unpaired) electrons. The van der Waals surface area contributed by atoms with Crippen LogP contribution in [0, 0.1) is 0 Å². The number of anilines is 1. The molecule has 2 rings (SSSR count). The number of nitrogens with one attached hydrogen (secondary N) is 2. The lowest BCUT2D eigenvalue weighted by atomic mass is 9.82. The van der Waals surface area contributed by atoms with E-state index in [0.29, 0.717) is 5.13 Å². The summed E-state index contributed by atoms with van der Waals surface area (Å²) in [6.07, 6.45) is 1.13. The minimum Gasteiger partial charge on any atom is -0.497 e. The second kappa shape index (κ2) is 8.05. The number of benzene rings is 1. The van der Waals surface area contributed by atoms with E-state index in [1.54, 1.807) is 7.11 Å². The number of rotatable bonds is 7. The van der Waals surface area contributed by atoms with Gasteiger partial charge in [0.1, 0.15) is 15.6 Å². The number of amides is 2. The SMILES string of the molecule is COc1ccc(C(C)(C)c2csc(NC(=O)NCCS(C)(=O)=O)n2)cc1. The third-order valence-corrected chi connectivity index (χ3v) is 5.64. The largest absolute Gasteiger partial charge is 0.497 e. The second-order valence-corrected chi connectivity index (χ2v) is 9.52. The maximum Gasteiger partial charge on any atom is 0.321 e. The van der Waals surface area contributed by atoms with Crippen LogP contribution in [0.1, 0.15) is 25.1 Å². The molecular formula is C17H23N3O4S2. The second-order valence-electron chi connectivity index (χ2n) is 6.40. The van der Waals surface area contributed by atoms with Gasteiger partial charge in [-0.3, -0.25) is 5.32 Å². The van der Waals surface area contributed by atoms with Crippen LogP contribution in [0.2, 0.25) is 0 Å². The molecule has 0 bridgehead atoms. The number of carbonyl (C=O) groups excluding carboxylic acids is 1. The van der Waals surface area contributed by atoms with Crippen LogP contribution in [0.5, 0.6) is 5.75 Å². The molecule has 2 N–H and O–H groups in total. The fourth-order valence-corrected chi connectivity index (χ4v) is 3.61. The van der Waals surface area contributed by atoms with Gasteiger partial charge < -0.3 is 10.1 Å². The van der Waals surface area contributed by atoms with Crippen molar-refractivity contribution < 1.29 is 17.9 Å². The molecule has 1 aromatic heterocycles. The molecule has 0 atom stereocenters. The van der Waals surface area contributed by atoms with Gasteiger partial charge in [-0.1, -0.05) is 26.0 Å². The van der Waals surface area contributed by atoms with E-state index in [1.807, 2.05) is 29.6 Å².